The first-order chi connectivity index (χ1) is 10.5. The van der Waals surface area contributed by atoms with Crippen LogP contribution in [0.1, 0.15) is 6.92 Å². The lowest BCUT2D eigenvalue weighted by Crippen LogP contribution is -1.96. The Morgan fingerprint density at radius 3 is 2.27 bits per heavy atom. The summed E-state index contributed by atoms with van der Waals surface area (Å²) in [6, 6.07) is 10.4. The van der Waals surface area contributed by atoms with Crippen LogP contribution in [0.15, 0.2) is 47.4 Å². The van der Waals surface area contributed by atoms with Gasteiger partial charge in [-0.25, -0.2) is 0 Å². The second-order valence-electron chi connectivity index (χ2n) is 4.17. The predicted molar refractivity (Wildman–Crippen MR) is 82.7 cm³/mol. The van der Waals surface area contributed by atoms with Crippen molar-refractivity contribution in [3.63, 3.8) is 0 Å². The minimum absolute atomic E-state index is 0.0357. The monoisotopic (exact) mass is 320 g/mol. The summed E-state index contributed by atoms with van der Waals surface area (Å²) in [4.78, 5) is 21.4. The van der Waals surface area contributed by atoms with Crippen molar-refractivity contribution < 1.29 is 14.6 Å². The Labute approximate surface area is 130 Å². The highest BCUT2D eigenvalue weighted by atomic mass is 32.2. The number of ether oxygens (including phenoxy) is 1. The van der Waals surface area contributed by atoms with Crippen molar-refractivity contribution in [2.45, 2.75) is 11.8 Å². The first-order valence-corrected chi connectivity index (χ1v) is 7.33. The molecule has 114 valence electrons. The third kappa shape index (κ3) is 3.73. The number of nitrogens with zero attached hydrogens (tertiary/aromatic N) is 2. The third-order valence-electron chi connectivity index (χ3n) is 2.71. The number of non-ortho nitro benzene ring substituents is 1. The molecule has 0 aliphatic heterocycles. The van der Waals surface area contributed by atoms with E-state index in [2.05, 4.69) is 0 Å². The number of hydrogen-bond donors (Lipinski definition) is 0. The van der Waals surface area contributed by atoms with Gasteiger partial charge in [-0.2, -0.15) is 0 Å². The standard InChI is InChI=1S/C14H12N2O5S/c1-2-22-12-6-4-11(5-7-12)21-14-8-3-10(15(17)18)9-13(14)16(19)20/h3-9H,2H2,1H3. The van der Waals surface area contributed by atoms with Gasteiger partial charge in [0.2, 0.25) is 5.75 Å². The van der Waals surface area contributed by atoms with E-state index in [4.69, 9.17) is 4.74 Å². The minimum Gasteiger partial charge on any atom is -0.450 e. The Balaban J connectivity index is 2.28. The van der Waals surface area contributed by atoms with Crippen LogP contribution in [-0.2, 0) is 0 Å². The summed E-state index contributed by atoms with van der Waals surface area (Å²) < 4.78 is 5.47. The molecule has 0 amide bonds. The van der Waals surface area contributed by atoms with Crippen LogP contribution in [0.4, 0.5) is 11.4 Å². The number of nitro groups is 2. The Bertz CT molecular complexity index is 703. The van der Waals surface area contributed by atoms with Crippen LogP contribution in [0, 0.1) is 20.2 Å². The summed E-state index contributed by atoms with van der Waals surface area (Å²) in [5, 5.41) is 21.7. The number of nitro benzene ring substituents is 2. The van der Waals surface area contributed by atoms with Gasteiger partial charge in [0.15, 0.2) is 0 Å². The molecule has 0 fully saturated rings. The number of thioether (sulfide) groups is 1. The van der Waals surface area contributed by atoms with Gasteiger partial charge >= 0.3 is 5.69 Å². The minimum atomic E-state index is -0.705. The molecule has 0 N–H and O–H groups in total. The summed E-state index contributed by atoms with van der Waals surface area (Å²) in [7, 11) is 0. The Morgan fingerprint density at radius 2 is 1.73 bits per heavy atom. The van der Waals surface area contributed by atoms with E-state index >= 15 is 0 Å². The van der Waals surface area contributed by atoms with E-state index in [1.54, 1.807) is 23.9 Å². The van der Waals surface area contributed by atoms with Gasteiger partial charge in [-0.3, -0.25) is 20.2 Å². The van der Waals surface area contributed by atoms with Gasteiger partial charge in [0.05, 0.1) is 15.9 Å². The fourth-order valence-electron chi connectivity index (χ4n) is 1.75. The van der Waals surface area contributed by atoms with E-state index < -0.39 is 15.5 Å². The van der Waals surface area contributed by atoms with Gasteiger partial charge < -0.3 is 4.74 Å². The van der Waals surface area contributed by atoms with Crippen molar-refractivity contribution in [3.8, 4) is 11.5 Å². The van der Waals surface area contributed by atoms with Gasteiger partial charge in [0.1, 0.15) is 5.75 Å². The lowest BCUT2D eigenvalue weighted by atomic mass is 10.2. The molecule has 2 aromatic rings. The number of benzene rings is 2. The molecular formula is C14H12N2O5S. The molecular weight excluding hydrogens is 308 g/mol. The molecule has 0 saturated carbocycles. The van der Waals surface area contributed by atoms with Crippen molar-refractivity contribution in [1.82, 2.24) is 0 Å². The molecule has 0 aromatic heterocycles. The summed E-state index contributed by atoms with van der Waals surface area (Å²) in [6.45, 7) is 2.04. The molecule has 0 aliphatic carbocycles. The zero-order chi connectivity index (χ0) is 16.1. The van der Waals surface area contributed by atoms with Gasteiger partial charge in [0, 0.05) is 11.0 Å². The van der Waals surface area contributed by atoms with Crippen molar-refractivity contribution in [2.75, 3.05) is 5.75 Å². The van der Waals surface area contributed by atoms with E-state index in [1.165, 1.54) is 12.1 Å². The fourth-order valence-corrected chi connectivity index (χ4v) is 2.41. The van der Waals surface area contributed by atoms with Crippen LogP contribution >= 0.6 is 11.8 Å². The Morgan fingerprint density at radius 1 is 1.05 bits per heavy atom. The molecule has 0 radical (unpaired) electrons. The van der Waals surface area contributed by atoms with Crippen LogP contribution in [0.25, 0.3) is 0 Å². The second kappa shape index (κ2) is 6.90. The zero-order valence-electron chi connectivity index (χ0n) is 11.6. The Hall–Kier alpha value is -2.61. The molecule has 0 spiro atoms. The SMILES string of the molecule is CCSc1ccc(Oc2ccc([N+](=O)[O-])cc2[N+](=O)[O-])cc1. The van der Waals surface area contributed by atoms with Crippen molar-refractivity contribution in [2.24, 2.45) is 0 Å². The van der Waals surface area contributed by atoms with E-state index in [0.717, 1.165) is 16.7 Å². The molecule has 2 aromatic carbocycles. The average molecular weight is 320 g/mol. The smallest absolute Gasteiger partial charge is 0.318 e. The van der Waals surface area contributed by atoms with Gasteiger partial charge in [-0.15, -0.1) is 11.8 Å². The van der Waals surface area contributed by atoms with Crippen molar-refractivity contribution in [3.05, 3.63) is 62.7 Å². The van der Waals surface area contributed by atoms with E-state index in [9.17, 15) is 20.2 Å². The van der Waals surface area contributed by atoms with Gasteiger partial charge in [0.25, 0.3) is 5.69 Å². The van der Waals surface area contributed by atoms with Crippen LogP contribution in [0.3, 0.4) is 0 Å². The molecule has 22 heavy (non-hydrogen) atoms. The average Bonchev–Trinajstić information content (AvgIpc) is 2.49. The topological polar surface area (TPSA) is 95.5 Å². The predicted octanol–water partition coefficient (Wildman–Crippen LogP) is 4.41. The van der Waals surface area contributed by atoms with Crippen LogP contribution in [0.5, 0.6) is 11.5 Å². The molecule has 0 atom stereocenters. The van der Waals surface area contributed by atoms with Crippen LogP contribution in [0.2, 0.25) is 0 Å². The van der Waals surface area contributed by atoms with E-state index in [0.29, 0.717) is 5.75 Å². The maximum atomic E-state index is 11.0. The first-order valence-electron chi connectivity index (χ1n) is 6.35. The highest BCUT2D eigenvalue weighted by Gasteiger charge is 2.21. The maximum absolute atomic E-state index is 11.0. The highest BCUT2D eigenvalue weighted by molar-refractivity contribution is 7.99. The van der Waals surface area contributed by atoms with Crippen LogP contribution < -0.4 is 4.74 Å². The molecule has 0 saturated heterocycles. The molecule has 0 bridgehead atoms. The third-order valence-corrected chi connectivity index (χ3v) is 3.61. The number of hydrogen-bond acceptors (Lipinski definition) is 6. The van der Waals surface area contributed by atoms with Crippen LogP contribution in [-0.4, -0.2) is 15.6 Å². The maximum Gasteiger partial charge on any atom is 0.318 e. The molecule has 0 aliphatic rings. The number of rotatable bonds is 6. The molecule has 0 unspecified atom stereocenters. The van der Waals surface area contributed by atoms with Crippen molar-refractivity contribution >= 4 is 23.1 Å². The highest BCUT2D eigenvalue weighted by Crippen LogP contribution is 2.34. The van der Waals surface area contributed by atoms with Gasteiger partial charge in [-0.1, -0.05) is 6.92 Å². The molecule has 8 heteroatoms. The summed E-state index contributed by atoms with van der Waals surface area (Å²) in [6.07, 6.45) is 0. The van der Waals surface area contributed by atoms with Crippen molar-refractivity contribution in [1.29, 1.82) is 0 Å². The normalized spacial score (nSPS) is 10.2. The van der Waals surface area contributed by atoms with E-state index in [1.807, 2.05) is 19.1 Å². The fraction of sp³-hybridized carbons (Fsp3) is 0.143. The quantitative estimate of drug-likeness (QED) is 0.444. The molecule has 7 nitrogen and oxygen atoms in total. The Kier molecular flexibility index (Phi) is 4.95. The lowest BCUT2D eigenvalue weighted by Gasteiger charge is -2.07. The summed E-state index contributed by atoms with van der Waals surface area (Å²) in [5.41, 5.74) is -0.796. The largest absolute Gasteiger partial charge is 0.450 e. The second-order valence-corrected chi connectivity index (χ2v) is 5.51. The summed E-state index contributed by atoms with van der Waals surface area (Å²) >= 11 is 1.66. The summed E-state index contributed by atoms with van der Waals surface area (Å²) in [5.74, 6) is 1.33. The lowest BCUT2D eigenvalue weighted by molar-refractivity contribution is -0.394. The first kappa shape index (κ1) is 15.8. The molecule has 0 heterocycles. The molecule has 2 rings (SSSR count). The van der Waals surface area contributed by atoms with Gasteiger partial charge in [-0.05, 0) is 36.1 Å². The van der Waals surface area contributed by atoms with E-state index in [-0.39, 0.29) is 11.4 Å². The zero-order valence-corrected chi connectivity index (χ0v) is 12.4.